The fourth-order valence-corrected chi connectivity index (χ4v) is 6.66. The molecule has 3 heterocycles. The smallest absolute Gasteiger partial charge is 0.167 e. The summed E-state index contributed by atoms with van der Waals surface area (Å²) >= 11 is 0. The highest BCUT2D eigenvalue weighted by atomic mass is 16.3. The Morgan fingerprint density at radius 2 is 1.04 bits per heavy atom. The summed E-state index contributed by atoms with van der Waals surface area (Å²) in [4.78, 5) is 14.9. The Morgan fingerprint density at radius 1 is 0.460 bits per heavy atom. The predicted octanol–water partition coefficient (Wildman–Crippen LogP) is 11.5. The van der Waals surface area contributed by atoms with E-state index in [9.17, 15) is 0 Å². The first-order chi connectivity index (χ1) is 27.2. The van der Waals surface area contributed by atoms with E-state index in [0.29, 0.717) is 39.9 Å². The summed E-state index contributed by atoms with van der Waals surface area (Å²) in [5.74, 6) is 1.47. The Balaban J connectivity index is 1.16. The number of hydrogen-bond acceptors (Lipinski definition) is 4. The highest BCUT2D eigenvalue weighted by molar-refractivity contribution is 6.11. The van der Waals surface area contributed by atoms with Gasteiger partial charge in [-0.25, -0.2) is 15.0 Å². The minimum absolute atomic E-state index is 0.0240. The molecule has 0 radical (unpaired) electrons. The number of benzene rings is 7. The maximum Gasteiger partial charge on any atom is 0.167 e. The first-order valence-electron chi connectivity index (χ1n) is 19.2. The molecule has 0 saturated heterocycles. The van der Waals surface area contributed by atoms with E-state index >= 15 is 0 Å². The minimum Gasteiger partial charge on any atom is -0.455 e. The number of nitrogens with zero attached hydrogens (tertiary/aromatic N) is 4. The van der Waals surface area contributed by atoms with Crippen LogP contribution in [0.2, 0.25) is 0 Å². The number of fused-ring (bicyclic) bond motifs is 6. The molecule has 10 rings (SSSR count). The van der Waals surface area contributed by atoms with Gasteiger partial charge in [0, 0.05) is 44.4 Å². The third kappa shape index (κ3) is 4.60. The third-order valence-electron chi connectivity index (χ3n) is 9.03. The molecule has 0 amide bonds. The summed E-state index contributed by atoms with van der Waals surface area (Å²) in [6.45, 7) is 0. The average Bonchev–Trinajstić information content (AvgIpc) is 3.80. The van der Waals surface area contributed by atoms with Crippen molar-refractivity contribution in [1.29, 1.82) is 0 Å². The van der Waals surface area contributed by atoms with Crippen LogP contribution in [0.1, 0.15) is 8.22 Å². The molecular weight excluding hydrogens is 613 g/mol. The summed E-state index contributed by atoms with van der Waals surface area (Å²) in [5, 5.41) is 2.06. The molecule has 0 N–H and O–H groups in total. The number of aromatic nitrogens is 4. The van der Waals surface area contributed by atoms with Crippen molar-refractivity contribution in [3.8, 4) is 51.0 Å². The molecule has 234 valence electrons. The van der Waals surface area contributed by atoms with Crippen molar-refractivity contribution < 1.29 is 12.6 Å². The summed E-state index contributed by atoms with van der Waals surface area (Å²) in [6.07, 6.45) is 0. The van der Waals surface area contributed by atoms with Gasteiger partial charge in [0.25, 0.3) is 0 Å². The molecule has 10 aromatic rings. The van der Waals surface area contributed by atoms with E-state index < -0.39 is 0 Å². The summed E-state index contributed by atoms with van der Waals surface area (Å²) < 4.78 is 60.2. The molecule has 0 unspecified atom stereocenters. The lowest BCUT2D eigenvalue weighted by atomic mass is 10.0. The van der Waals surface area contributed by atoms with E-state index in [1.165, 1.54) is 12.1 Å². The summed E-state index contributed by atoms with van der Waals surface area (Å²) in [5.41, 5.74) is 6.76. The summed E-state index contributed by atoms with van der Waals surface area (Å²) in [7, 11) is 0. The van der Waals surface area contributed by atoms with Gasteiger partial charge < -0.3 is 8.98 Å². The quantitative estimate of drug-likeness (QED) is 0.187. The van der Waals surface area contributed by atoms with Crippen LogP contribution in [0.15, 0.2) is 174 Å². The Hall–Kier alpha value is -6.85. The van der Waals surface area contributed by atoms with Crippen LogP contribution >= 0.6 is 0 Å². The maximum absolute atomic E-state index is 8.87. The van der Waals surface area contributed by atoms with E-state index in [-0.39, 0.29) is 58.1 Å². The molecule has 7 aromatic carbocycles. The molecule has 0 fully saturated rings. The zero-order valence-electron chi connectivity index (χ0n) is 32.4. The second-order valence-electron chi connectivity index (χ2n) is 12.0. The van der Waals surface area contributed by atoms with E-state index in [0.717, 1.165) is 33.0 Å². The highest BCUT2D eigenvalue weighted by Crippen LogP contribution is 2.38. The zero-order valence-corrected chi connectivity index (χ0v) is 26.4. The number of furan rings is 1. The Labute approximate surface area is 296 Å². The minimum atomic E-state index is -0.163. The molecular formula is C45H28N4O. The maximum atomic E-state index is 8.87. The van der Waals surface area contributed by atoms with Gasteiger partial charge in [-0.15, -0.1) is 0 Å². The Bertz CT molecular complexity index is 3130. The number of rotatable bonds is 5. The van der Waals surface area contributed by atoms with Crippen LogP contribution in [0.4, 0.5) is 0 Å². The Morgan fingerprint density at radius 3 is 1.72 bits per heavy atom. The van der Waals surface area contributed by atoms with Gasteiger partial charge in [-0.3, -0.25) is 0 Å². The molecule has 0 atom stereocenters. The van der Waals surface area contributed by atoms with Gasteiger partial charge in [-0.2, -0.15) is 0 Å². The van der Waals surface area contributed by atoms with Gasteiger partial charge in [0.05, 0.1) is 24.8 Å². The molecule has 0 aliphatic rings. The van der Waals surface area contributed by atoms with Crippen molar-refractivity contribution in [2.45, 2.75) is 0 Å². The number of hydrogen-bond donors (Lipinski definition) is 0. The first-order valence-corrected chi connectivity index (χ1v) is 16.2. The highest BCUT2D eigenvalue weighted by Gasteiger charge is 2.19. The Kier molecular flexibility index (Phi) is 5.17. The van der Waals surface area contributed by atoms with Gasteiger partial charge in [0.1, 0.15) is 11.2 Å². The van der Waals surface area contributed by atoms with Crippen molar-refractivity contribution in [2.24, 2.45) is 0 Å². The van der Waals surface area contributed by atoms with Crippen molar-refractivity contribution in [2.75, 3.05) is 0 Å². The molecule has 3 aromatic heterocycles. The van der Waals surface area contributed by atoms with Crippen molar-refractivity contribution in [3.63, 3.8) is 0 Å². The van der Waals surface area contributed by atoms with Crippen LogP contribution in [0.5, 0.6) is 0 Å². The van der Waals surface area contributed by atoms with Gasteiger partial charge in [0.2, 0.25) is 0 Å². The van der Waals surface area contributed by atoms with Crippen LogP contribution in [0.3, 0.4) is 0 Å². The van der Waals surface area contributed by atoms with Crippen molar-refractivity contribution >= 4 is 43.7 Å². The third-order valence-corrected chi connectivity index (χ3v) is 9.03. The second-order valence-corrected chi connectivity index (χ2v) is 12.0. The van der Waals surface area contributed by atoms with Crippen LogP contribution in [0, 0.1) is 0 Å². The molecule has 0 spiro atoms. The molecule has 0 saturated carbocycles. The molecule has 0 bridgehead atoms. The lowest BCUT2D eigenvalue weighted by Gasteiger charge is -2.09. The van der Waals surface area contributed by atoms with Crippen LogP contribution in [0.25, 0.3) is 94.7 Å². The van der Waals surface area contributed by atoms with Gasteiger partial charge in [0.15, 0.2) is 17.5 Å². The lowest BCUT2D eigenvalue weighted by Crippen LogP contribution is -2.00. The van der Waals surface area contributed by atoms with Gasteiger partial charge >= 0.3 is 0 Å². The summed E-state index contributed by atoms with van der Waals surface area (Å²) in [6, 6.07) is 41.4. The SMILES string of the molecule is [2H]c1cc([2H])c2c(c1[2H])c1c([2H])c([2H])cc([2H])c1n2-c1ccc2c(c1)oc1c(-c3nc(-c4ccccc4)nc(-c4ccc(-c5ccccc5)cc4)n3)cccc12. The van der Waals surface area contributed by atoms with Crippen LogP contribution in [-0.4, -0.2) is 19.5 Å². The van der Waals surface area contributed by atoms with E-state index in [1.54, 1.807) is 4.57 Å². The monoisotopic (exact) mass is 646 g/mol. The van der Waals surface area contributed by atoms with Crippen LogP contribution in [-0.2, 0) is 0 Å². The molecule has 50 heavy (non-hydrogen) atoms. The topological polar surface area (TPSA) is 56.7 Å². The van der Waals surface area contributed by atoms with Gasteiger partial charge in [-0.1, -0.05) is 133 Å². The predicted molar refractivity (Wildman–Crippen MR) is 203 cm³/mol. The number of para-hydroxylation sites is 3. The van der Waals surface area contributed by atoms with E-state index in [2.05, 4.69) is 24.3 Å². The van der Waals surface area contributed by atoms with E-state index in [4.69, 9.17) is 27.6 Å². The van der Waals surface area contributed by atoms with Crippen LogP contribution < -0.4 is 0 Å². The fraction of sp³-hybridized carbons (Fsp3) is 0. The second kappa shape index (κ2) is 11.4. The molecule has 5 heteroatoms. The van der Waals surface area contributed by atoms with Crippen molar-refractivity contribution in [3.05, 3.63) is 170 Å². The largest absolute Gasteiger partial charge is 0.455 e. The van der Waals surface area contributed by atoms with Crippen molar-refractivity contribution in [1.82, 2.24) is 19.5 Å². The molecule has 0 aliphatic heterocycles. The normalized spacial score (nSPS) is 13.3. The first kappa shape index (κ1) is 22.7. The standard InChI is InChI=1S/C45H28N4O/c1-3-12-29(13-4-1)30-22-24-32(25-23-30)44-46-43(31-14-5-2-6-15-31)47-45(48-44)38-19-11-18-37-36-27-26-33(28-41(36)50-42(37)38)49-39-20-9-7-16-34(39)35-17-8-10-21-40(35)49/h1-28H/i7D,8D,16D,17D,20D,21D. The fourth-order valence-electron chi connectivity index (χ4n) is 6.66. The van der Waals surface area contributed by atoms with Gasteiger partial charge in [-0.05, 0) is 41.4 Å². The lowest BCUT2D eigenvalue weighted by molar-refractivity contribution is 0.669. The molecule has 0 aliphatic carbocycles. The average molecular weight is 647 g/mol. The zero-order chi connectivity index (χ0) is 38.2. The van der Waals surface area contributed by atoms with E-state index in [1.807, 2.05) is 97.1 Å². The molecule has 5 nitrogen and oxygen atoms in total.